The van der Waals surface area contributed by atoms with Gasteiger partial charge in [-0.15, -0.1) is 0 Å². The fourth-order valence-corrected chi connectivity index (χ4v) is 3.16. The van der Waals surface area contributed by atoms with Crippen LogP contribution in [0.1, 0.15) is 32.0 Å². The Bertz CT molecular complexity index is 773. The van der Waals surface area contributed by atoms with Gasteiger partial charge in [-0.05, 0) is 44.5 Å². The lowest BCUT2D eigenvalue weighted by Gasteiger charge is -2.23. The summed E-state index contributed by atoms with van der Waals surface area (Å²) in [6.07, 6.45) is 0.153. The predicted molar refractivity (Wildman–Crippen MR) is 91.9 cm³/mol. The van der Waals surface area contributed by atoms with Gasteiger partial charge in [0, 0.05) is 25.2 Å². The summed E-state index contributed by atoms with van der Waals surface area (Å²) >= 11 is 6.22. The number of nitrogens with zero attached hydrogens (tertiary/aromatic N) is 1. The lowest BCUT2D eigenvalue weighted by atomic mass is 10.1. The third-order valence-corrected chi connectivity index (χ3v) is 4.16. The van der Waals surface area contributed by atoms with Crippen molar-refractivity contribution in [3.05, 3.63) is 46.4 Å². The molecular formula is C18H20ClFN2O2. The number of benzene rings is 1. The van der Waals surface area contributed by atoms with E-state index in [0.29, 0.717) is 18.7 Å². The molecule has 0 amide bonds. The number of carbonyl (C=O) groups is 1. The second kappa shape index (κ2) is 6.22. The number of ether oxygens (including phenoxy) is 1. The molecule has 0 bridgehead atoms. The van der Waals surface area contributed by atoms with Gasteiger partial charge in [0.2, 0.25) is 0 Å². The van der Waals surface area contributed by atoms with Gasteiger partial charge in [0.25, 0.3) is 0 Å². The first-order valence-corrected chi connectivity index (χ1v) is 8.27. The lowest BCUT2D eigenvalue weighted by molar-refractivity contribution is 0.0535. The molecule has 6 heteroatoms. The fraction of sp³-hybridized carbons (Fsp3) is 0.389. The molecule has 4 nitrogen and oxygen atoms in total. The van der Waals surface area contributed by atoms with Crippen molar-refractivity contribution in [2.24, 2.45) is 0 Å². The summed E-state index contributed by atoms with van der Waals surface area (Å²) in [5.41, 5.74) is 1.82. The molecule has 24 heavy (non-hydrogen) atoms. The molecule has 0 saturated heterocycles. The number of carbonyl (C=O) groups excluding carboxylic acids is 1. The van der Waals surface area contributed by atoms with Gasteiger partial charge in [0.05, 0.1) is 16.3 Å². The molecule has 0 unspecified atom stereocenters. The molecule has 1 N–H and O–H groups in total. The van der Waals surface area contributed by atoms with Crippen LogP contribution in [0.2, 0.25) is 5.02 Å². The van der Waals surface area contributed by atoms with E-state index in [1.54, 1.807) is 32.9 Å². The summed E-state index contributed by atoms with van der Waals surface area (Å²) in [6.45, 7) is 6.79. The van der Waals surface area contributed by atoms with Crippen LogP contribution in [-0.4, -0.2) is 22.8 Å². The van der Waals surface area contributed by atoms with Crippen LogP contribution in [0.5, 0.6) is 0 Å². The Labute approximate surface area is 145 Å². The van der Waals surface area contributed by atoms with Crippen molar-refractivity contribution in [3.8, 4) is 11.3 Å². The van der Waals surface area contributed by atoms with Crippen LogP contribution in [0.25, 0.3) is 11.3 Å². The van der Waals surface area contributed by atoms with E-state index in [1.807, 2.05) is 6.07 Å². The highest BCUT2D eigenvalue weighted by Gasteiger charge is 2.28. The van der Waals surface area contributed by atoms with Gasteiger partial charge >= 0.3 is 6.09 Å². The Hall–Kier alpha value is -1.85. The van der Waals surface area contributed by atoms with Crippen molar-refractivity contribution < 1.29 is 13.9 Å². The Morgan fingerprint density at radius 3 is 2.79 bits per heavy atom. The highest BCUT2D eigenvalue weighted by Crippen LogP contribution is 2.35. The van der Waals surface area contributed by atoms with Crippen LogP contribution in [0.3, 0.4) is 0 Å². The Balaban J connectivity index is 2.19. The molecule has 1 aromatic heterocycles. The van der Waals surface area contributed by atoms with E-state index in [9.17, 15) is 9.18 Å². The SMILES string of the molecule is CC(C)(C)OC(=O)n1c(-c2c(F)cccc2Cl)cc2c1CCNC2. The summed E-state index contributed by atoms with van der Waals surface area (Å²) in [5.74, 6) is -0.463. The van der Waals surface area contributed by atoms with Gasteiger partial charge in [0.15, 0.2) is 0 Å². The number of rotatable bonds is 1. The minimum absolute atomic E-state index is 0.222. The molecule has 0 aliphatic carbocycles. The number of halogens is 2. The minimum atomic E-state index is -0.641. The molecule has 0 atom stereocenters. The van der Waals surface area contributed by atoms with E-state index in [2.05, 4.69) is 5.32 Å². The average molecular weight is 351 g/mol. The van der Waals surface area contributed by atoms with Gasteiger partial charge < -0.3 is 10.1 Å². The monoisotopic (exact) mass is 350 g/mol. The van der Waals surface area contributed by atoms with E-state index < -0.39 is 17.5 Å². The van der Waals surface area contributed by atoms with E-state index in [4.69, 9.17) is 16.3 Å². The topological polar surface area (TPSA) is 43.3 Å². The number of fused-ring (bicyclic) bond motifs is 1. The molecule has 1 aliphatic heterocycles. The van der Waals surface area contributed by atoms with E-state index in [1.165, 1.54) is 10.6 Å². The van der Waals surface area contributed by atoms with Crippen molar-refractivity contribution in [2.45, 2.75) is 39.3 Å². The first-order chi connectivity index (χ1) is 11.3. The summed E-state index contributed by atoms with van der Waals surface area (Å²) in [5, 5.41) is 3.52. The van der Waals surface area contributed by atoms with Crippen molar-refractivity contribution in [3.63, 3.8) is 0 Å². The van der Waals surface area contributed by atoms with Crippen LogP contribution in [0.15, 0.2) is 24.3 Å². The first kappa shape index (κ1) is 17.0. The third kappa shape index (κ3) is 3.19. The normalized spacial score (nSPS) is 14.4. The van der Waals surface area contributed by atoms with Gasteiger partial charge in [-0.25, -0.2) is 13.8 Å². The molecule has 2 heterocycles. The highest BCUT2D eigenvalue weighted by molar-refractivity contribution is 6.33. The van der Waals surface area contributed by atoms with Gasteiger partial charge in [0.1, 0.15) is 11.4 Å². The van der Waals surface area contributed by atoms with Crippen LogP contribution in [0, 0.1) is 5.82 Å². The zero-order chi connectivity index (χ0) is 17.5. The quantitative estimate of drug-likeness (QED) is 0.830. The second-order valence-electron chi connectivity index (χ2n) is 6.84. The van der Waals surface area contributed by atoms with Crippen LogP contribution in [-0.2, 0) is 17.7 Å². The number of nitrogens with one attached hydrogen (secondary N) is 1. The molecule has 0 saturated carbocycles. The maximum absolute atomic E-state index is 14.4. The molecule has 0 radical (unpaired) electrons. The summed E-state index contributed by atoms with van der Waals surface area (Å²) in [4.78, 5) is 12.8. The zero-order valence-corrected chi connectivity index (χ0v) is 14.7. The van der Waals surface area contributed by atoms with Crippen molar-refractivity contribution in [1.82, 2.24) is 9.88 Å². The molecule has 2 aromatic rings. The van der Waals surface area contributed by atoms with Gasteiger partial charge in [-0.3, -0.25) is 0 Å². The number of hydrogen-bond acceptors (Lipinski definition) is 3. The van der Waals surface area contributed by atoms with Crippen molar-refractivity contribution >= 4 is 17.7 Å². The Kier molecular flexibility index (Phi) is 4.40. The maximum atomic E-state index is 14.4. The molecule has 1 aromatic carbocycles. The molecular weight excluding hydrogens is 331 g/mol. The second-order valence-corrected chi connectivity index (χ2v) is 7.25. The van der Waals surface area contributed by atoms with Crippen LogP contribution in [0.4, 0.5) is 9.18 Å². The van der Waals surface area contributed by atoms with Crippen LogP contribution >= 0.6 is 11.6 Å². The first-order valence-electron chi connectivity index (χ1n) is 7.90. The standard InChI is InChI=1S/C18H20ClFN2O2/c1-18(2,3)24-17(23)22-14-7-8-21-10-11(14)9-15(22)16-12(19)5-4-6-13(16)20/h4-6,9,21H,7-8,10H2,1-3H3. The third-order valence-electron chi connectivity index (χ3n) is 3.84. The zero-order valence-electron chi connectivity index (χ0n) is 14.0. The molecule has 0 spiro atoms. The van der Waals surface area contributed by atoms with Gasteiger partial charge in [-0.1, -0.05) is 17.7 Å². The lowest BCUT2D eigenvalue weighted by Crippen LogP contribution is -2.31. The van der Waals surface area contributed by atoms with E-state index in [-0.39, 0.29) is 10.6 Å². The average Bonchev–Trinajstić information content (AvgIpc) is 2.84. The van der Waals surface area contributed by atoms with Crippen molar-refractivity contribution in [1.29, 1.82) is 0 Å². The van der Waals surface area contributed by atoms with E-state index in [0.717, 1.165) is 17.8 Å². The molecule has 0 fully saturated rings. The Morgan fingerprint density at radius 2 is 2.12 bits per heavy atom. The largest absolute Gasteiger partial charge is 0.443 e. The van der Waals surface area contributed by atoms with Crippen molar-refractivity contribution in [2.75, 3.05) is 6.54 Å². The number of hydrogen-bond donors (Lipinski definition) is 1. The molecule has 3 rings (SSSR count). The minimum Gasteiger partial charge on any atom is -0.443 e. The fourth-order valence-electron chi connectivity index (χ4n) is 2.90. The van der Waals surface area contributed by atoms with Gasteiger partial charge in [-0.2, -0.15) is 0 Å². The smallest absolute Gasteiger partial charge is 0.419 e. The Morgan fingerprint density at radius 1 is 1.38 bits per heavy atom. The van der Waals surface area contributed by atoms with Crippen LogP contribution < -0.4 is 5.32 Å². The summed E-state index contributed by atoms with van der Waals surface area (Å²) in [7, 11) is 0. The maximum Gasteiger partial charge on any atom is 0.419 e. The summed E-state index contributed by atoms with van der Waals surface area (Å²) < 4.78 is 21.4. The summed E-state index contributed by atoms with van der Waals surface area (Å²) in [6, 6.07) is 6.31. The van der Waals surface area contributed by atoms with E-state index >= 15 is 0 Å². The highest BCUT2D eigenvalue weighted by atomic mass is 35.5. The number of aromatic nitrogens is 1. The molecule has 128 valence electrons. The predicted octanol–water partition coefficient (Wildman–Crippen LogP) is 4.38. The molecule has 1 aliphatic rings.